The molecule has 2 heterocycles. The number of amides is 6. The Morgan fingerprint density at radius 3 is 2.03 bits per heavy atom. The first-order valence-electron chi connectivity index (χ1n) is 20.3. The van der Waals surface area contributed by atoms with Gasteiger partial charge in [0.05, 0.1) is 6.04 Å². The van der Waals surface area contributed by atoms with Gasteiger partial charge in [0, 0.05) is 73.7 Å². The lowest BCUT2D eigenvalue weighted by Crippen LogP contribution is -2.62. The third-order valence-electron chi connectivity index (χ3n) is 11.0. The van der Waals surface area contributed by atoms with Gasteiger partial charge in [0.15, 0.2) is 0 Å². The summed E-state index contributed by atoms with van der Waals surface area (Å²) in [6.07, 6.45) is 6.72. The van der Waals surface area contributed by atoms with Crippen molar-refractivity contribution in [3.05, 3.63) is 59.8 Å². The predicted octanol–water partition coefficient (Wildman–Crippen LogP) is 3.82. The number of aromatic nitrogens is 1. The van der Waals surface area contributed by atoms with Crippen LogP contribution in [0.3, 0.4) is 0 Å². The number of rotatable bonds is 21. The maximum Gasteiger partial charge on any atom is 0.326 e. The van der Waals surface area contributed by atoms with Crippen molar-refractivity contribution in [3.8, 4) is 0 Å². The Morgan fingerprint density at radius 2 is 1.47 bits per heavy atom. The minimum atomic E-state index is -1.43. The Bertz CT molecular complexity index is 2010. The molecule has 1 aromatic heterocycles. The average Bonchev–Trinajstić information content (AvgIpc) is 3.68. The van der Waals surface area contributed by atoms with Crippen LogP contribution in [0.2, 0.25) is 0 Å². The Hall–Kier alpha value is -5.80. The van der Waals surface area contributed by atoms with Crippen molar-refractivity contribution < 1.29 is 48.6 Å². The number of carbonyl (C=O) groups excluding carboxylic acids is 6. The van der Waals surface area contributed by atoms with E-state index < -0.39 is 71.1 Å². The van der Waals surface area contributed by atoms with Gasteiger partial charge in [-0.15, -0.1) is 0 Å². The van der Waals surface area contributed by atoms with Crippen LogP contribution in [0.25, 0.3) is 10.9 Å². The largest absolute Gasteiger partial charge is 0.481 e. The summed E-state index contributed by atoms with van der Waals surface area (Å²) in [5, 5.41) is 27.8. The lowest BCUT2D eigenvalue weighted by Gasteiger charge is -2.40. The van der Waals surface area contributed by atoms with Crippen LogP contribution in [0, 0.1) is 11.3 Å². The van der Waals surface area contributed by atoms with Gasteiger partial charge in [-0.25, -0.2) is 4.79 Å². The molecule has 0 saturated heterocycles. The van der Waals surface area contributed by atoms with Gasteiger partial charge in [-0.05, 0) is 49.1 Å². The fourth-order valence-corrected chi connectivity index (χ4v) is 7.31. The summed E-state index contributed by atoms with van der Waals surface area (Å²) >= 11 is 0. The van der Waals surface area contributed by atoms with Crippen LogP contribution in [0.4, 0.5) is 0 Å². The summed E-state index contributed by atoms with van der Waals surface area (Å²) in [5.41, 5.74) is -0.00861. The van der Waals surface area contributed by atoms with Crippen LogP contribution < -0.4 is 16.0 Å². The van der Waals surface area contributed by atoms with Gasteiger partial charge in [-0.3, -0.25) is 38.5 Å². The fraction of sp³-hybridized carbons (Fsp3) is 0.545. The zero-order chi connectivity index (χ0) is 45.3. The first kappa shape index (κ1) is 48.6. The molecule has 0 bridgehead atoms. The number of carbonyl (C=O) groups is 8. The normalized spacial score (nSPS) is 15.4. The third kappa shape index (κ3) is 12.4. The second-order valence-corrected chi connectivity index (χ2v) is 17.5. The molecule has 0 saturated carbocycles. The number of hydrogen-bond acceptors (Lipinski definition) is 8. The highest BCUT2D eigenvalue weighted by molar-refractivity contribution is 6.12. The smallest absolute Gasteiger partial charge is 0.326 e. The predicted molar refractivity (Wildman–Crippen MR) is 225 cm³/mol. The fourth-order valence-electron chi connectivity index (χ4n) is 7.31. The molecule has 16 heteroatoms. The molecule has 0 aliphatic carbocycles. The van der Waals surface area contributed by atoms with E-state index in [4.69, 9.17) is 5.11 Å². The SMILES string of the molecule is C/C(=C\[C@H](C(C)C)N(C)C(=O)[C@@H](NC(=O)[C@@H](NC(=O)CCCCCN1C(=O)C=CC1=O)C(C)(C)c1cn(C)c2ccccc12)C(C)(C)C)C(=O)N[C@H](CCC(=O)O)C(=O)O. The first-order chi connectivity index (χ1) is 27.9. The summed E-state index contributed by atoms with van der Waals surface area (Å²) in [6, 6.07) is 3.33. The Kier molecular flexibility index (Phi) is 16.6. The van der Waals surface area contributed by atoms with Gasteiger partial charge in [-0.2, -0.15) is 0 Å². The number of unbranched alkanes of at least 4 members (excludes halogenated alkanes) is 2. The molecule has 0 fully saturated rings. The van der Waals surface area contributed by atoms with Crippen LogP contribution in [0.5, 0.6) is 0 Å². The number of nitrogens with zero attached hydrogens (tertiary/aromatic N) is 3. The molecular weight excluding hydrogens is 773 g/mol. The second kappa shape index (κ2) is 20.4. The highest BCUT2D eigenvalue weighted by Gasteiger charge is 2.44. The maximum atomic E-state index is 14.7. The highest BCUT2D eigenvalue weighted by Crippen LogP contribution is 2.35. The monoisotopic (exact) mass is 834 g/mol. The number of fused-ring (bicyclic) bond motifs is 1. The summed E-state index contributed by atoms with van der Waals surface area (Å²) in [5.74, 6) is -5.73. The average molecular weight is 835 g/mol. The van der Waals surface area contributed by atoms with E-state index in [-0.39, 0.29) is 48.6 Å². The lowest BCUT2D eigenvalue weighted by molar-refractivity contribution is -0.142. The van der Waals surface area contributed by atoms with Crippen molar-refractivity contribution in [2.75, 3.05) is 13.6 Å². The number of para-hydroxylation sites is 1. The zero-order valence-corrected chi connectivity index (χ0v) is 36.5. The molecule has 5 N–H and O–H groups in total. The van der Waals surface area contributed by atoms with E-state index in [2.05, 4.69) is 16.0 Å². The second-order valence-electron chi connectivity index (χ2n) is 17.5. The van der Waals surface area contributed by atoms with Gasteiger partial charge in [0.1, 0.15) is 18.1 Å². The number of carboxylic acid groups (broad SMARTS) is 2. The van der Waals surface area contributed by atoms with Crippen LogP contribution in [0.15, 0.2) is 54.3 Å². The number of aryl methyl sites for hydroxylation is 1. The Morgan fingerprint density at radius 1 is 0.850 bits per heavy atom. The number of carboxylic acids is 2. The van der Waals surface area contributed by atoms with E-state index in [1.165, 1.54) is 24.0 Å². The van der Waals surface area contributed by atoms with Gasteiger partial charge in [0.2, 0.25) is 23.6 Å². The topological polar surface area (TPSA) is 225 Å². The summed E-state index contributed by atoms with van der Waals surface area (Å²) in [7, 11) is 3.45. The standard InChI is InChI=1S/C44H62N6O10/c1-26(2)32(24-27(3)39(56)45-30(42(59)60)19-22-36(54)55)49(10)41(58)38(43(4,5)6)47-40(57)37(44(7,8)29-25-48(9)31-17-14-13-16-28(29)31)46-33(51)18-12-11-15-23-50-34(52)20-21-35(50)53/h13-14,16-17,20-21,24-26,30,32,37-38H,11-12,15,18-19,22-23H2,1-10H3,(H,45,56)(H,46,51)(H,47,57)(H,54,55)(H,59,60)/b27-24+/t30-,32-,37-,38-/m1/s1. The van der Waals surface area contributed by atoms with Gasteiger partial charge in [0.25, 0.3) is 11.8 Å². The van der Waals surface area contributed by atoms with Gasteiger partial charge in [-0.1, -0.05) is 79.2 Å². The molecule has 4 atom stereocenters. The molecule has 2 aromatic rings. The van der Waals surface area contributed by atoms with Crippen molar-refractivity contribution in [2.45, 2.75) is 123 Å². The van der Waals surface area contributed by atoms with E-state index in [1.54, 1.807) is 33.9 Å². The molecule has 16 nitrogen and oxygen atoms in total. The van der Waals surface area contributed by atoms with E-state index in [0.717, 1.165) is 21.4 Å². The quantitative estimate of drug-likeness (QED) is 0.0695. The number of aliphatic carboxylic acids is 2. The van der Waals surface area contributed by atoms with Gasteiger partial charge < -0.3 is 35.6 Å². The first-order valence-corrected chi connectivity index (χ1v) is 20.3. The van der Waals surface area contributed by atoms with Crippen molar-refractivity contribution in [3.63, 3.8) is 0 Å². The van der Waals surface area contributed by atoms with Crippen LogP contribution in [-0.4, -0.2) is 110 Å². The molecule has 0 unspecified atom stereocenters. The summed E-state index contributed by atoms with van der Waals surface area (Å²) < 4.78 is 1.95. The van der Waals surface area contributed by atoms with E-state index in [9.17, 15) is 43.5 Å². The summed E-state index contributed by atoms with van der Waals surface area (Å²) in [4.78, 5) is 105. The van der Waals surface area contributed by atoms with Crippen molar-refractivity contribution >= 4 is 58.3 Å². The molecule has 0 spiro atoms. The molecule has 1 aliphatic heterocycles. The van der Waals surface area contributed by atoms with Crippen LogP contribution >= 0.6 is 0 Å². The van der Waals surface area contributed by atoms with Crippen molar-refractivity contribution in [2.24, 2.45) is 18.4 Å². The molecule has 3 rings (SSSR count). The summed E-state index contributed by atoms with van der Waals surface area (Å²) in [6.45, 7) is 14.5. The van der Waals surface area contributed by atoms with Crippen LogP contribution in [-0.2, 0) is 50.8 Å². The number of hydrogen-bond donors (Lipinski definition) is 5. The highest BCUT2D eigenvalue weighted by atomic mass is 16.4. The number of benzene rings is 1. The van der Waals surface area contributed by atoms with Crippen molar-refractivity contribution in [1.82, 2.24) is 30.3 Å². The van der Waals surface area contributed by atoms with Crippen molar-refractivity contribution in [1.29, 1.82) is 0 Å². The third-order valence-corrected chi connectivity index (χ3v) is 11.0. The van der Waals surface area contributed by atoms with E-state index in [1.807, 2.05) is 69.8 Å². The molecular formula is C44H62N6O10. The number of nitrogens with one attached hydrogen (secondary N) is 3. The van der Waals surface area contributed by atoms with Gasteiger partial charge >= 0.3 is 11.9 Å². The number of imide groups is 1. The zero-order valence-electron chi connectivity index (χ0n) is 36.5. The maximum absolute atomic E-state index is 14.7. The molecule has 1 aromatic carbocycles. The van der Waals surface area contributed by atoms with E-state index in [0.29, 0.717) is 19.3 Å². The molecule has 328 valence electrons. The van der Waals surface area contributed by atoms with E-state index >= 15 is 0 Å². The Labute approximate surface area is 351 Å². The molecule has 6 amide bonds. The molecule has 1 aliphatic rings. The van der Waals surface area contributed by atoms with Crippen LogP contribution in [0.1, 0.15) is 99.5 Å². The lowest BCUT2D eigenvalue weighted by atomic mass is 9.76. The molecule has 60 heavy (non-hydrogen) atoms. The minimum Gasteiger partial charge on any atom is -0.481 e. The minimum absolute atomic E-state index is 0.0714. The Balaban J connectivity index is 1.90. The number of likely N-dealkylation sites (N-methyl/N-ethyl adjacent to an activating group) is 1. The molecule has 0 radical (unpaired) electrons.